The normalized spacial score (nSPS) is 11.0. The molecule has 5 aromatic rings. The van der Waals surface area contributed by atoms with Gasteiger partial charge in [-0.3, -0.25) is 4.79 Å². The number of rotatable bonds is 10. The molecule has 0 radical (unpaired) electrons. The molecule has 0 bridgehead atoms. The van der Waals surface area contributed by atoms with Gasteiger partial charge in [0.25, 0.3) is 0 Å². The molecule has 0 heterocycles. The Bertz CT molecular complexity index is 1620. The van der Waals surface area contributed by atoms with Crippen LogP contribution < -0.4 is 20.9 Å². The van der Waals surface area contributed by atoms with E-state index in [1.165, 1.54) is 11.1 Å². The minimum atomic E-state index is -0.0884. The number of ether oxygens (including phenoxy) is 2. The Balaban J connectivity index is 1.13. The maximum atomic E-state index is 12.7. The third-order valence-electron chi connectivity index (χ3n) is 6.67. The van der Waals surface area contributed by atoms with Crippen molar-refractivity contribution in [3.63, 3.8) is 0 Å². The van der Waals surface area contributed by atoms with Crippen molar-refractivity contribution in [1.82, 2.24) is 0 Å². The molecule has 0 aromatic heterocycles. The summed E-state index contributed by atoms with van der Waals surface area (Å²) >= 11 is 0. The fraction of sp³-hybridized carbons (Fsp3) is 0.0833. The second-order valence-corrected chi connectivity index (χ2v) is 9.76. The number of carbonyl (C=O) groups excluding carboxylic acids is 1. The molecule has 0 aliphatic rings. The molecule has 204 valence electrons. The summed E-state index contributed by atoms with van der Waals surface area (Å²) in [5, 5.41) is 0. The largest absolute Gasteiger partial charge is 0.489 e. The molecular weight excluding hydrogens is 508 g/mol. The zero-order valence-electron chi connectivity index (χ0n) is 22.9. The summed E-state index contributed by atoms with van der Waals surface area (Å²) in [6, 6.07) is 36.7. The predicted molar refractivity (Wildman–Crippen MR) is 167 cm³/mol. The number of hydrogen-bond donors (Lipinski definition) is 2. The molecule has 0 saturated carbocycles. The Morgan fingerprint density at radius 2 is 1.20 bits per heavy atom. The van der Waals surface area contributed by atoms with Crippen molar-refractivity contribution >= 4 is 23.2 Å². The van der Waals surface area contributed by atoms with Gasteiger partial charge in [-0.1, -0.05) is 61.5 Å². The van der Waals surface area contributed by atoms with Crippen molar-refractivity contribution in [1.29, 1.82) is 0 Å². The predicted octanol–water partition coefficient (Wildman–Crippen LogP) is 8.35. The van der Waals surface area contributed by atoms with E-state index in [2.05, 4.69) is 31.2 Å². The van der Waals surface area contributed by atoms with E-state index in [1.54, 1.807) is 42.5 Å². The van der Waals surface area contributed by atoms with E-state index in [9.17, 15) is 4.79 Å². The maximum absolute atomic E-state index is 12.7. The van der Waals surface area contributed by atoms with E-state index >= 15 is 0 Å². The van der Waals surface area contributed by atoms with E-state index in [1.807, 2.05) is 60.7 Å². The van der Waals surface area contributed by atoms with E-state index in [0.717, 1.165) is 28.9 Å². The first-order valence-corrected chi connectivity index (χ1v) is 13.5. The van der Waals surface area contributed by atoms with Gasteiger partial charge in [0.2, 0.25) is 0 Å². The first-order chi connectivity index (χ1) is 19.9. The number of benzene rings is 5. The summed E-state index contributed by atoms with van der Waals surface area (Å²) in [5.41, 5.74) is 18.9. The topological polar surface area (TPSA) is 87.6 Å². The Labute approximate surface area is 240 Å². The van der Waals surface area contributed by atoms with Crippen LogP contribution >= 0.6 is 0 Å². The van der Waals surface area contributed by atoms with Gasteiger partial charge in [0.05, 0.1) is 0 Å². The Hall–Kier alpha value is -5.29. The molecule has 0 atom stereocenters. The van der Waals surface area contributed by atoms with Crippen LogP contribution in [0, 0.1) is 0 Å². The summed E-state index contributed by atoms with van der Waals surface area (Å²) in [5.74, 6) is 2.03. The van der Waals surface area contributed by atoms with Gasteiger partial charge < -0.3 is 20.9 Å². The highest BCUT2D eigenvalue weighted by atomic mass is 16.5. The van der Waals surface area contributed by atoms with Gasteiger partial charge in [0.15, 0.2) is 5.78 Å². The minimum absolute atomic E-state index is 0.0884. The summed E-state index contributed by atoms with van der Waals surface area (Å²) < 4.78 is 11.8. The zero-order valence-corrected chi connectivity index (χ0v) is 22.9. The smallest absolute Gasteiger partial charge is 0.185 e. The first kappa shape index (κ1) is 27.3. The van der Waals surface area contributed by atoms with Crippen LogP contribution in [0.5, 0.6) is 17.2 Å². The molecule has 0 fully saturated rings. The quantitative estimate of drug-likeness (QED) is 0.106. The Kier molecular flexibility index (Phi) is 8.46. The number of aryl methyl sites for hydroxylation is 1. The van der Waals surface area contributed by atoms with E-state index in [-0.39, 0.29) is 5.78 Å². The Morgan fingerprint density at radius 3 is 1.78 bits per heavy atom. The van der Waals surface area contributed by atoms with Crippen molar-refractivity contribution in [2.24, 2.45) is 0 Å². The second-order valence-electron chi connectivity index (χ2n) is 9.76. The van der Waals surface area contributed by atoms with Crippen LogP contribution in [0.15, 0.2) is 121 Å². The molecule has 5 aromatic carbocycles. The Morgan fingerprint density at radius 1 is 0.659 bits per heavy atom. The van der Waals surface area contributed by atoms with Crippen LogP contribution in [0.4, 0.5) is 11.4 Å². The molecular formula is C36H32N2O3. The summed E-state index contributed by atoms with van der Waals surface area (Å²) in [6.45, 7) is 2.52. The number of nitrogen functional groups attached to an aromatic ring is 2. The zero-order chi connectivity index (χ0) is 28.6. The summed E-state index contributed by atoms with van der Waals surface area (Å²) in [6.07, 6.45) is 4.38. The van der Waals surface area contributed by atoms with E-state index in [4.69, 9.17) is 20.9 Å². The first-order valence-electron chi connectivity index (χ1n) is 13.5. The fourth-order valence-corrected chi connectivity index (χ4v) is 4.41. The van der Waals surface area contributed by atoms with Gasteiger partial charge >= 0.3 is 0 Å². The highest BCUT2D eigenvalue weighted by Crippen LogP contribution is 2.27. The lowest BCUT2D eigenvalue weighted by molar-refractivity contribution is 0.104. The molecule has 0 spiro atoms. The van der Waals surface area contributed by atoms with Crippen molar-refractivity contribution in [2.75, 3.05) is 11.5 Å². The molecule has 5 nitrogen and oxygen atoms in total. The maximum Gasteiger partial charge on any atom is 0.185 e. The number of hydrogen-bond acceptors (Lipinski definition) is 5. The van der Waals surface area contributed by atoms with Crippen molar-refractivity contribution < 1.29 is 14.3 Å². The van der Waals surface area contributed by atoms with Crippen LogP contribution in [-0.4, -0.2) is 5.78 Å². The van der Waals surface area contributed by atoms with Crippen LogP contribution in [-0.2, 0) is 13.0 Å². The second kappa shape index (κ2) is 12.7. The van der Waals surface area contributed by atoms with Gasteiger partial charge in [-0.25, -0.2) is 0 Å². The number of ketones is 1. The number of allylic oxidation sites excluding steroid dienone is 1. The van der Waals surface area contributed by atoms with Crippen LogP contribution in [0.25, 0.3) is 17.2 Å². The SMILES string of the molecule is CCc1ccc(-c2ccc(Oc3ccc(C(=O)/C=C/c4ccc(OCc5cc(N)cc(N)c5)cc4)cc3)cc2)cc1. The van der Waals surface area contributed by atoms with Gasteiger partial charge in [-0.2, -0.15) is 0 Å². The van der Waals surface area contributed by atoms with Crippen molar-refractivity contribution in [3.8, 4) is 28.4 Å². The van der Waals surface area contributed by atoms with Gasteiger partial charge in [0, 0.05) is 16.9 Å². The van der Waals surface area contributed by atoms with Gasteiger partial charge in [-0.15, -0.1) is 0 Å². The fourth-order valence-electron chi connectivity index (χ4n) is 4.41. The molecule has 0 saturated heterocycles. The molecule has 5 rings (SSSR count). The molecule has 5 heteroatoms. The number of carbonyl (C=O) groups is 1. The molecule has 0 amide bonds. The molecule has 41 heavy (non-hydrogen) atoms. The molecule has 0 aliphatic heterocycles. The third-order valence-corrected chi connectivity index (χ3v) is 6.67. The molecule has 4 N–H and O–H groups in total. The van der Waals surface area contributed by atoms with E-state index in [0.29, 0.717) is 35.0 Å². The standard InChI is InChI=1S/C36H32N2O3/c1-2-25-3-8-28(9-4-25)29-10-16-34(17-11-29)41-35-18-12-30(13-19-35)36(39)20-7-26-5-14-33(15-6-26)40-24-27-21-31(37)23-32(38)22-27/h3-23H,2,24,37-38H2,1H3/b20-7+. The number of nitrogens with two attached hydrogens (primary N) is 2. The average molecular weight is 541 g/mol. The monoisotopic (exact) mass is 540 g/mol. The highest BCUT2D eigenvalue weighted by molar-refractivity contribution is 6.06. The molecule has 0 unspecified atom stereocenters. The third kappa shape index (κ3) is 7.43. The number of anilines is 2. The minimum Gasteiger partial charge on any atom is -0.489 e. The molecule has 0 aliphatic carbocycles. The van der Waals surface area contributed by atoms with Crippen molar-refractivity contribution in [2.45, 2.75) is 20.0 Å². The van der Waals surface area contributed by atoms with Crippen LogP contribution in [0.1, 0.15) is 34.0 Å². The average Bonchev–Trinajstić information content (AvgIpc) is 3.00. The van der Waals surface area contributed by atoms with Crippen molar-refractivity contribution in [3.05, 3.63) is 144 Å². The summed E-state index contributed by atoms with van der Waals surface area (Å²) in [7, 11) is 0. The lowest BCUT2D eigenvalue weighted by Gasteiger charge is -2.08. The van der Waals surface area contributed by atoms with E-state index < -0.39 is 0 Å². The van der Waals surface area contributed by atoms with Crippen LogP contribution in [0.2, 0.25) is 0 Å². The lowest BCUT2D eigenvalue weighted by atomic mass is 10.0. The van der Waals surface area contributed by atoms with Gasteiger partial charge in [-0.05, 0) is 107 Å². The summed E-state index contributed by atoms with van der Waals surface area (Å²) in [4.78, 5) is 12.7. The highest BCUT2D eigenvalue weighted by Gasteiger charge is 2.05. The van der Waals surface area contributed by atoms with Crippen LogP contribution in [0.3, 0.4) is 0 Å². The van der Waals surface area contributed by atoms with Gasteiger partial charge in [0.1, 0.15) is 23.9 Å². The lowest BCUT2D eigenvalue weighted by Crippen LogP contribution is -1.99.